The molecule has 2 nitrogen and oxygen atoms in total. The highest BCUT2D eigenvalue weighted by Gasteiger charge is 2.12. The van der Waals surface area contributed by atoms with Gasteiger partial charge in [-0.05, 0) is 56.3 Å². The van der Waals surface area contributed by atoms with Gasteiger partial charge in [-0.25, -0.2) is 0 Å². The molecule has 0 amide bonds. The van der Waals surface area contributed by atoms with Crippen LogP contribution in [0.5, 0.6) is 0 Å². The number of nitrogens with zero attached hydrogens (tertiary/aromatic N) is 2. The first kappa shape index (κ1) is 24.0. The van der Waals surface area contributed by atoms with Gasteiger partial charge in [-0.3, -0.25) is 0 Å². The van der Waals surface area contributed by atoms with Crippen LogP contribution in [0.1, 0.15) is 57.2 Å². The van der Waals surface area contributed by atoms with Gasteiger partial charge in [0, 0.05) is 17.1 Å². The summed E-state index contributed by atoms with van der Waals surface area (Å²) in [6.07, 6.45) is 2.50. The minimum Gasteiger partial charge on any atom is -0.310 e. The Morgan fingerprint density at radius 1 is 0.655 bits per heavy atom. The third-order valence-corrected chi connectivity index (χ3v) is 3.82. The molecule has 29 heavy (non-hydrogen) atoms. The highest BCUT2D eigenvalue weighted by atomic mass is 15.1. The summed E-state index contributed by atoms with van der Waals surface area (Å²) in [4.78, 5) is 2.17. The topological polar surface area (TPSA) is 27.0 Å². The zero-order valence-corrected chi connectivity index (χ0v) is 18.7. The van der Waals surface area contributed by atoms with E-state index >= 15 is 0 Å². The van der Waals surface area contributed by atoms with Crippen LogP contribution in [-0.4, -0.2) is 0 Å². The van der Waals surface area contributed by atoms with Gasteiger partial charge in [0.25, 0.3) is 0 Å². The van der Waals surface area contributed by atoms with Crippen LogP contribution < -0.4 is 4.90 Å². The molecule has 0 aliphatic rings. The summed E-state index contributed by atoms with van der Waals surface area (Å²) in [5.41, 5.74) is 6.25. The van der Waals surface area contributed by atoms with Crippen LogP contribution >= 0.6 is 0 Å². The fourth-order valence-corrected chi connectivity index (χ4v) is 2.55. The molecule has 0 spiro atoms. The summed E-state index contributed by atoms with van der Waals surface area (Å²) < 4.78 is 0. The molecule has 0 N–H and O–H groups in total. The van der Waals surface area contributed by atoms with Crippen LogP contribution in [0, 0.1) is 25.2 Å². The van der Waals surface area contributed by atoms with Gasteiger partial charge in [-0.2, -0.15) is 5.26 Å². The van der Waals surface area contributed by atoms with E-state index in [9.17, 15) is 5.26 Å². The van der Waals surface area contributed by atoms with Crippen LogP contribution in [0.25, 0.3) is 0 Å². The van der Waals surface area contributed by atoms with E-state index < -0.39 is 0 Å². The second-order valence-corrected chi connectivity index (χ2v) is 7.08. The smallest absolute Gasteiger partial charge is 0.0992 e. The molecule has 3 aromatic rings. The van der Waals surface area contributed by atoms with Gasteiger partial charge in [-0.15, -0.1) is 0 Å². The number of hydrogen-bond acceptors (Lipinski definition) is 2. The third-order valence-electron chi connectivity index (χ3n) is 3.82. The molecule has 0 bridgehead atoms. The zero-order valence-electron chi connectivity index (χ0n) is 18.7. The predicted octanol–water partition coefficient (Wildman–Crippen LogP) is 8.48. The monoisotopic (exact) mass is 386 g/mol. The molecule has 0 aliphatic carbocycles. The normalized spacial score (nSPS) is 9.28. The number of rotatable bonds is 3. The fraction of sp³-hybridized carbons (Fsp3) is 0.296. The highest BCUT2D eigenvalue weighted by Crippen LogP contribution is 2.34. The van der Waals surface area contributed by atoms with Crippen molar-refractivity contribution in [2.45, 2.75) is 54.4 Å². The Balaban J connectivity index is 0.000000626. The fourth-order valence-electron chi connectivity index (χ4n) is 2.55. The van der Waals surface area contributed by atoms with Crippen molar-refractivity contribution in [3.63, 3.8) is 0 Å². The first-order valence-electron chi connectivity index (χ1n) is 10.4. The van der Waals surface area contributed by atoms with Crippen molar-refractivity contribution in [3.05, 3.63) is 89.5 Å². The second-order valence-electron chi connectivity index (χ2n) is 7.08. The summed E-state index contributed by atoms with van der Waals surface area (Å²) in [6.45, 7) is 12.7. The molecule has 0 saturated carbocycles. The highest BCUT2D eigenvalue weighted by molar-refractivity contribution is 5.77. The van der Waals surface area contributed by atoms with Crippen molar-refractivity contribution in [2.24, 2.45) is 0 Å². The summed E-state index contributed by atoms with van der Waals surface area (Å²) in [5, 5.41) is 9.19. The molecule has 3 aromatic carbocycles. The van der Waals surface area contributed by atoms with E-state index in [1.54, 1.807) is 0 Å². The second kappa shape index (κ2) is 13.2. The van der Waals surface area contributed by atoms with Crippen molar-refractivity contribution >= 4 is 17.1 Å². The molecule has 152 valence electrons. The van der Waals surface area contributed by atoms with Crippen molar-refractivity contribution < 1.29 is 0 Å². The Bertz CT molecular complexity index is 824. The summed E-state index contributed by atoms with van der Waals surface area (Å²) in [7, 11) is 0. The lowest BCUT2D eigenvalue weighted by molar-refractivity contribution is 1.09. The minimum atomic E-state index is 0.659. The van der Waals surface area contributed by atoms with E-state index in [0.717, 1.165) is 17.1 Å². The van der Waals surface area contributed by atoms with Gasteiger partial charge in [0.15, 0.2) is 0 Å². The third kappa shape index (κ3) is 7.84. The van der Waals surface area contributed by atoms with Crippen LogP contribution in [0.15, 0.2) is 72.8 Å². The first-order valence-corrected chi connectivity index (χ1v) is 10.4. The van der Waals surface area contributed by atoms with Gasteiger partial charge in [0.1, 0.15) is 0 Å². The zero-order chi connectivity index (χ0) is 21.6. The van der Waals surface area contributed by atoms with Gasteiger partial charge in [0.2, 0.25) is 0 Å². The first-order chi connectivity index (χ1) is 14.0. The van der Waals surface area contributed by atoms with E-state index in [1.165, 1.54) is 24.0 Å². The lowest BCUT2D eigenvalue weighted by Gasteiger charge is -2.25. The molecule has 0 radical (unpaired) electrons. The molecule has 0 saturated heterocycles. The summed E-state index contributed by atoms with van der Waals surface area (Å²) >= 11 is 0. The molecular formula is C27H34N2. The predicted molar refractivity (Wildman–Crippen MR) is 127 cm³/mol. The number of nitriles is 1. The van der Waals surface area contributed by atoms with Crippen molar-refractivity contribution in [2.75, 3.05) is 4.90 Å². The molecular weight excluding hydrogens is 352 g/mol. The Kier molecular flexibility index (Phi) is 10.9. The molecule has 0 atom stereocenters. The average molecular weight is 387 g/mol. The van der Waals surface area contributed by atoms with Crippen LogP contribution in [0.3, 0.4) is 0 Å². The lowest BCUT2D eigenvalue weighted by Crippen LogP contribution is -2.10. The number of aryl methyl sites for hydroxylation is 2. The van der Waals surface area contributed by atoms with Crippen LogP contribution in [0.4, 0.5) is 17.1 Å². The number of hydrogen-bond donors (Lipinski definition) is 0. The van der Waals surface area contributed by atoms with Crippen LogP contribution in [0.2, 0.25) is 0 Å². The van der Waals surface area contributed by atoms with Gasteiger partial charge >= 0.3 is 0 Å². The van der Waals surface area contributed by atoms with E-state index in [1.807, 2.05) is 24.3 Å². The number of benzene rings is 3. The maximum Gasteiger partial charge on any atom is 0.0992 e. The van der Waals surface area contributed by atoms with Crippen molar-refractivity contribution in [3.8, 4) is 6.07 Å². The minimum absolute atomic E-state index is 0.659. The van der Waals surface area contributed by atoms with Crippen LogP contribution in [-0.2, 0) is 0 Å². The molecule has 0 aliphatic heterocycles. The molecule has 3 rings (SSSR count). The Labute approximate surface area is 177 Å². The standard InChI is InChI=1S/C21H18N2.2C3H8/c1-16-6-10-19(11-7-16)23(20-12-8-17(2)9-13-20)21-5-3-4-18(14-21)15-22;2*1-3-2/h3-14H,1-2H3;2*3H2,1-2H3. The average Bonchev–Trinajstić information content (AvgIpc) is 2.72. The lowest BCUT2D eigenvalue weighted by atomic mass is 10.1. The largest absolute Gasteiger partial charge is 0.310 e. The molecule has 0 unspecified atom stereocenters. The maximum absolute atomic E-state index is 9.19. The maximum atomic E-state index is 9.19. The quantitative estimate of drug-likeness (QED) is 0.451. The molecule has 0 aromatic heterocycles. The van der Waals surface area contributed by atoms with Crippen molar-refractivity contribution in [1.29, 1.82) is 5.26 Å². The van der Waals surface area contributed by atoms with Crippen molar-refractivity contribution in [1.82, 2.24) is 0 Å². The molecule has 0 fully saturated rings. The van der Waals surface area contributed by atoms with E-state index in [-0.39, 0.29) is 0 Å². The Morgan fingerprint density at radius 2 is 1.07 bits per heavy atom. The van der Waals surface area contributed by atoms with E-state index in [0.29, 0.717) is 5.56 Å². The molecule has 2 heteroatoms. The van der Waals surface area contributed by atoms with E-state index in [4.69, 9.17) is 0 Å². The SMILES string of the molecule is CCC.CCC.Cc1ccc(N(c2ccc(C)cc2)c2cccc(C#N)c2)cc1. The van der Waals surface area contributed by atoms with E-state index in [2.05, 4.69) is 101 Å². The van der Waals surface area contributed by atoms with Gasteiger partial charge < -0.3 is 4.90 Å². The molecule has 0 heterocycles. The van der Waals surface area contributed by atoms with Gasteiger partial charge in [-0.1, -0.05) is 82.0 Å². The Morgan fingerprint density at radius 3 is 1.45 bits per heavy atom. The Hall–Kier alpha value is -3.05. The number of anilines is 3. The summed E-state index contributed by atoms with van der Waals surface area (Å²) in [5.74, 6) is 0. The summed E-state index contributed by atoms with van der Waals surface area (Å²) in [6, 6.07) is 26.7. The van der Waals surface area contributed by atoms with Gasteiger partial charge in [0.05, 0.1) is 11.6 Å².